The summed E-state index contributed by atoms with van der Waals surface area (Å²) in [4.78, 5) is 4.44. The van der Waals surface area contributed by atoms with E-state index in [0.29, 0.717) is 28.7 Å². The normalized spacial score (nSPS) is 10.6. The van der Waals surface area contributed by atoms with Gasteiger partial charge in [-0.2, -0.15) is 5.26 Å². The van der Waals surface area contributed by atoms with Gasteiger partial charge in [-0.15, -0.1) is 0 Å². The fraction of sp³-hybridized carbons (Fsp3) is 0.217. The summed E-state index contributed by atoms with van der Waals surface area (Å²) in [5.74, 6) is 1.89. The molecule has 2 aromatic carbocycles. The molecule has 0 aliphatic rings. The number of nitriles is 1. The summed E-state index contributed by atoms with van der Waals surface area (Å²) in [6.45, 7) is 4.30. The number of aromatic nitrogens is 1. The highest BCUT2D eigenvalue weighted by Gasteiger charge is 2.15. The number of benzene rings is 2. The molecule has 0 bridgehead atoms. The van der Waals surface area contributed by atoms with Crippen LogP contribution in [0.4, 0.5) is 5.82 Å². The van der Waals surface area contributed by atoms with Crippen LogP contribution in [0, 0.1) is 11.3 Å². The molecule has 1 heterocycles. The predicted octanol–water partition coefficient (Wildman–Crippen LogP) is 5.01. The minimum absolute atomic E-state index is 0.206. The summed E-state index contributed by atoms with van der Waals surface area (Å²) in [6, 6.07) is 17.8. The molecular weight excluding hydrogens is 350 g/mol. The third-order valence-corrected chi connectivity index (χ3v) is 4.73. The number of pyridine rings is 1. The zero-order valence-electron chi connectivity index (χ0n) is 16.5. The molecule has 2 N–H and O–H groups in total. The lowest BCUT2D eigenvalue weighted by Crippen LogP contribution is -2.00. The molecule has 3 aromatic rings. The monoisotopic (exact) mass is 373 g/mol. The summed E-state index contributed by atoms with van der Waals surface area (Å²) in [6.07, 6.45) is 0. The van der Waals surface area contributed by atoms with Crippen molar-refractivity contribution in [2.45, 2.75) is 19.8 Å². The quantitative estimate of drug-likeness (QED) is 0.680. The first-order valence-electron chi connectivity index (χ1n) is 9.01. The van der Waals surface area contributed by atoms with Gasteiger partial charge in [0.15, 0.2) is 11.5 Å². The highest BCUT2D eigenvalue weighted by molar-refractivity contribution is 5.80. The van der Waals surface area contributed by atoms with Crippen LogP contribution in [0.15, 0.2) is 48.5 Å². The van der Waals surface area contributed by atoms with E-state index in [9.17, 15) is 5.26 Å². The van der Waals surface area contributed by atoms with Gasteiger partial charge in [-0.05, 0) is 41.3 Å². The van der Waals surface area contributed by atoms with E-state index < -0.39 is 0 Å². The van der Waals surface area contributed by atoms with Gasteiger partial charge in [-0.25, -0.2) is 4.98 Å². The van der Waals surface area contributed by atoms with Gasteiger partial charge >= 0.3 is 0 Å². The third-order valence-electron chi connectivity index (χ3n) is 4.73. The maximum atomic E-state index is 9.61. The predicted molar refractivity (Wildman–Crippen MR) is 111 cm³/mol. The summed E-state index contributed by atoms with van der Waals surface area (Å²) in [5, 5.41) is 9.61. The molecule has 0 saturated heterocycles. The van der Waals surface area contributed by atoms with Crippen LogP contribution in [0.25, 0.3) is 22.4 Å². The van der Waals surface area contributed by atoms with Crippen molar-refractivity contribution in [1.82, 2.24) is 4.98 Å². The highest BCUT2D eigenvalue weighted by Crippen LogP contribution is 2.35. The molecular formula is C23H23N3O2. The molecule has 0 fully saturated rings. The number of hydrogen-bond acceptors (Lipinski definition) is 5. The molecule has 142 valence electrons. The van der Waals surface area contributed by atoms with E-state index in [4.69, 9.17) is 15.2 Å². The van der Waals surface area contributed by atoms with E-state index in [1.54, 1.807) is 14.2 Å². The van der Waals surface area contributed by atoms with Gasteiger partial charge in [0.05, 0.1) is 19.9 Å². The Bertz CT molecular complexity index is 1030. The second-order valence-electron chi connectivity index (χ2n) is 6.77. The summed E-state index contributed by atoms with van der Waals surface area (Å²) < 4.78 is 10.7. The zero-order valence-corrected chi connectivity index (χ0v) is 16.5. The Morgan fingerprint density at radius 1 is 0.929 bits per heavy atom. The van der Waals surface area contributed by atoms with Gasteiger partial charge in [-0.1, -0.05) is 38.1 Å². The number of methoxy groups -OCH3 is 2. The van der Waals surface area contributed by atoms with Crippen LogP contribution in [-0.4, -0.2) is 19.2 Å². The standard InChI is InChI=1S/C23H23N3O2/c1-14(2)15-5-7-16(8-6-15)18-12-20(26-23(25)19(18)13-24)17-9-10-21(27-3)22(11-17)28-4/h5-12,14H,1-4H3,(H2,25,26). The molecule has 0 atom stereocenters. The van der Waals surface area contributed by atoms with E-state index in [-0.39, 0.29) is 5.82 Å². The number of nitrogen functional groups attached to an aromatic ring is 1. The van der Waals surface area contributed by atoms with Crippen LogP contribution in [0.3, 0.4) is 0 Å². The molecule has 0 aliphatic carbocycles. The van der Waals surface area contributed by atoms with Crippen LogP contribution in [-0.2, 0) is 0 Å². The first-order valence-corrected chi connectivity index (χ1v) is 9.01. The number of hydrogen-bond donors (Lipinski definition) is 1. The lowest BCUT2D eigenvalue weighted by Gasteiger charge is -2.13. The van der Waals surface area contributed by atoms with Crippen LogP contribution in [0.5, 0.6) is 11.5 Å². The van der Waals surface area contributed by atoms with Gasteiger partial charge in [0.25, 0.3) is 0 Å². The molecule has 0 saturated carbocycles. The van der Waals surface area contributed by atoms with Gasteiger partial charge in [-0.3, -0.25) is 0 Å². The number of nitrogens with zero attached hydrogens (tertiary/aromatic N) is 2. The van der Waals surface area contributed by atoms with Crippen LogP contribution in [0.1, 0.15) is 30.9 Å². The third kappa shape index (κ3) is 3.63. The molecule has 0 radical (unpaired) electrons. The minimum Gasteiger partial charge on any atom is -0.493 e. The Morgan fingerprint density at radius 3 is 2.14 bits per heavy atom. The Morgan fingerprint density at radius 2 is 1.57 bits per heavy atom. The maximum absolute atomic E-state index is 9.61. The number of nitrogens with two attached hydrogens (primary N) is 1. The molecule has 0 amide bonds. The molecule has 0 spiro atoms. The van der Waals surface area contributed by atoms with E-state index >= 15 is 0 Å². The van der Waals surface area contributed by atoms with Gasteiger partial charge in [0, 0.05) is 11.1 Å². The highest BCUT2D eigenvalue weighted by atomic mass is 16.5. The van der Waals surface area contributed by atoms with Crippen molar-refractivity contribution in [3.8, 4) is 40.0 Å². The van der Waals surface area contributed by atoms with Crippen molar-refractivity contribution in [1.29, 1.82) is 5.26 Å². The van der Waals surface area contributed by atoms with Crippen molar-refractivity contribution in [3.63, 3.8) is 0 Å². The van der Waals surface area contributed by atoms with E-state index in [1.165, 1.54) is 5.56 Å². The van der Waals surface area contributed by atoms with Crippen molar-refractivity contribution < 1.29 is 9.47 Å². The molecule has 0 unspecified atom stereocenters. The van der Waals surface area contributed by atoms with Crippen molar-refractivity contribution in [3.05, 3.63) is 59.7 Å². The van der Waals surface area contributed by atoms with E-state index in [0.717, 1.165) is 16.7 Å². The Labute approximate surface area is 165 Å². The fourth-order valence-electron chi connectivity index (χ4n) is 3.10. The smallest absolute Gasteiger partial charge is 0.161 e. The van der Waals surface area contributed by atoms with E-state index in [2.05, 4.69) is 37.0 Å². The maximum Gasteiger partial charge on any atom is 0.161 e. The Balaban J connectivity index is 2.14. The van der Waals surface area contributed by atoms with Crippen LogP contribution >= 0.6 is 0 Å². The van der Waals surface area contributed by atoms with Crippen molar-refractivity contribution in [2.24, 2.45) is 0 Å². The van der Waals surface area contributed by atoms with Crippen molar-refractivity contribution in [2.75, 3.05) is 20.0 Å². The lowest BCUT2D eigenvalue weighted by atomic mass is 9.95. The zero-order chi connectivity index (χ0) is 20.3. The minimum atomic E-state index is 0.206. The Kier molecular flexibility index (Phi) is 5.51. The van der Waals surface area contributed by atoms with Crippen LogP contribution in [0.2, 0.25) is 0 Å². The molecule has 0 aliphatic heterocycles. The lowest BCUT2D eigenvalue weighted by molar-refractivity contribution is 0.355. The molecule has 5 nitrogen and oxygen atoms in total. The molecule has 3 rings (SSSR count). The second-order valence-corrected chi connectivity index (χ2v) is 6.77. The van der Waals surface area contributed by atoms with E-state index in [1.807, 2.05) is 36.4 Å². The summed E-state index contributed by atoms with van der Waals surface area (Å²) >= 11 is 0. The van der Waals surface area contributed by atoms with Gasteiger partial charge in [0.1, 0.15) is 17.5 Å². The fourth-order valence-corrected chi connectivity index (χ4v) is 3.10. The topological polar surface area (TPSA) is 81.2 Å². The number of rotatable bonds is 5. The number of ether oxygens (including phenoxy) is 2. The summed E-state index contributed by atoms with van der Waals surface area (Å²) in [7, 11) is 3.18. The molecule has 5 heteroatoms. The van der Waals surface area contributed by atoms with Crippen LogP contribution < -0.4 is 15.2 Å². The first-order chi connectivity index (χ1) is 13.5. The SMILES string of the molecule is COc1ccc(-c2cc(-c3ccc(C(C)C)cc3)c(C#N)c(N)n2)cc1OC. The molecule has 28 heavy (non-hydrogen) atoms. The van der Waals surface area contributed by atoms with Gasteiger partial charge in [0.2, 0.25) is 0 Å². The molecule has 1 aromatic heterocycles. The average Bonchev–Trinajstić information content (AvgIpc) is 2.72. The largest absolute Gasteiger partial charge is 0.493 e. The van der Waals surface area contributed by atoms with Gasteiger partial charge < -0.3 is 15.2 Å². The average molecular weight is 373 g/mol. The first kappa shape index (κ1) is 19.2. The van der Waals surface area contributed by atoms with Crippen molar-refractivity contribution >= 4 is 5.82 Å². The number of anilines is 1. The summed E-state index contributed by atoms with van der Waals surface area (Å²) in [5.41, 5.74) is 10.9. The Hall–Kier alpha value is -3.52. The second kappa shape index (κ2) is 8.01.